The van der Waals surface area contributed by atoms with Crippen molar-refractivity contribution >= 4 is 5.69 Å². The van der Waals surface area contributed by atoms with E-state index in [4.69, 9.17) is 0 Å². The Balaban J connectivity index is 2.04. The minimum atomic E-state index is 0.0982. The van der Waals surface area contributed by atoms with Crippen molar-refractivity contribution in [3.8, 4) is 0 Å². The standard InChI is InChI=1S/C14H22N2O/c1-2-10-16-11-13(8-9-14(16)17)15-12-6-4-3-5-7-12/h8-9,11-12,15H,2-7,10H2,1H3. The van der Waals surface area contributed by atoms with E-state index in [9.17, 15) is 4.79 Å². The van der Waals surface area contributed by atoms with Gasteiger partial charge in [0, 0.05) is 24.8 Å². The Morgan fingerprint density at radius 1 is 1.29 bits per heavy atom. The fourth-order valence-electron chi connectivity index (χ4n) is 2.52. The fourth-order valence-corrected chi connectivity index (χ4v) is 2.52. The van der Waals surface area contributed by atoms with E-state index in [0.717, 1.165) is 18.7 Å². The van der Waals surface area contributed by atoms with E-state index in [0.29, 0.717) is 6.04 Å². The molecule has 0 aromatic carbocycles. The first-order valence-corrected chi connectivity index (χ1v) is 6.76. The predicted octanol–water partition coefficient (Wildman–Crippen LogP) is 3.00. The Morgan fingerprint density at radius 3 is 2.76 bits per heavy atom. The monoisotopic (exact) mass is 234 g/mol. The van der Waals surface area contributed by atoms with E-state index < -0.39 is 0 Å². The highest BCUT2D eigenvalue weighted by Crippen LogP contribution is 2.21. The molecule has 0 amide bonds. The van der Waals surface area contributed by atoms with Gasteiger partial charge in [-0.15, -0.1) is 0 Å². The van der Waals surface area contributed by atoms with Gasteiger partial charge in [-0.05, 0) is 25.3 Å². The van der Waals surface area contributed by atoms with Gasteiger partial charge >= 0.3 is 0 Å². The number of aromatic nitrogens is 1. The highest BCUT2D eigenvalue weighted by molar-refractivity contribution is 5.41. The lowest BCUT2D eigenvalue weighted by molar-refractivity contribution is 0.462. The topological polar surface area (TPSA) is 34.0 Å². The lowest BCUT2D eigenvalue weighted by Crippen LogP contribution is -2.24. The average Bonchev–Trinajstić information content (AvgIpc) is 2.35. The maximum Gasteiger partial charge on any atom is 0.250 e. The third kappa shape index (κ3) is 3.35. The molecule has 3 heteroatoms. The van der Waals surface area contributed by atoms with Gasteiger partial charge in [-0.25, -0.2) is 0 Å². The molecule has 0 spiro atoms. The van der Waals surface area contributed by atoms with Crippen LogP contribution in [-0.2, 0) is 6.54 Å². The average molecular weight is 234 g/mol. The lowest BCUT2D eigenvalue weighted by Gasteiger charge is -2.24. The van der Waals surface area contributed by atoms with Gasteiger partial charge in [0.1, 0.15) is 0 Å². The summed E-state index contributed by atoms with van der Waals surface area (Å²) in [6.07, 6.45) is 9.49. The van der Waals surface area contributed by atoms with Crippen LogP contribution in [0.5, 0.6) is 0 Å². The van der Waals surface area contributed by atoms with Gasteiger partial charge in [-0.1, -0.05) is 26.2 Å². The molecule has 0 bridgehead atoms. The minimum absolute atomic E-state index is 0.0982. The SMILES string of the molecule is CCCn1cc(NC2CCCCC2)ccc1=O. The van der Waals surface area contributed by atoms with Crippen molar-refractivity contribution in [2.75, 3.05) is 5.32 Å². The molecule has 2 rings (SSSR count). The molecular formula is C14H22N2O. The third-order valence-corrected chi connectivity index (χ3v) is 3.42. The van der Waals surface area contributed by atoms with E-state index >= 15 is 0 Å². The Morgan fingerprint density at radius 2 is 2.06 bits per heavy atom. The summed E-state index contributed by atoms with van der Waals surface area (Å²) in [5, 5.41) is 3.55. The van der Waals surface area contributed by atoms with Crippen LogP contribution in [0.15, 0.2) is 23.1 Å². The zero-order valence-corrected chi connectivity index (χ0v) is 10.6. The minimum Gasteiger partial charge on any atom is -0.381 e. The van der Waals surface area contributed by atoms with Crippen molar-refractivity contribution in [3.63, 3.8) is 0 Å². The third-order valence-electron chi connectivity index (χ3n) is 3.42. The molecule has 0 unspecified atom stereocenters. The van der Waals surface area contributed by atoms with Gasteiger partial charge in [0.15, 0.2) is 0 Å². The molecule has 1 fully saturated rings. The van der Waals surface area contributed by atoms with E-state index in [1.54, 1.807) is 10.6 Å². The highest BCUT2D eigenvalue weighted by Gasteiger charge is 2.12. The molecule has 0 atom stereocenters. The second kappa shape index (κ2) is 5.89. The summed E-state index contributed by atoms with van der Waals surface area (Å²) in [6, 6.07) is 4.17. The quantitative estimate of drug-likeness (QED) is 0.869. The Hall–Kier alpha value is -1.25. The summed E-state index contributed by atoms with van der Waals surface area (Å²) in [5.74, 6) is 0. The molecule has 1 aliphatic rings. The van der Waals surface area contributed by atoms with Gasteiger partial charge in [-0.3, -0.25) is 4.79 Å². The molecule has 94 valence electrons. The number of aryl methyl sites for hydroxylation is 1. The largest absolute Gasteiger partial charge is 0.381 e. The van der Waals surface area contributed by atoms with Crippen LogP contribution in [0, 0.1) is 0 Å². The van der Waals surface area contributed by atoms with Crippen molar-refractivity contribution in [1.82, 2.24) is 4.57 Å². The number of rotatable bonds is 4. The Bertz CT molecular complexity index is 405. The van der Waals surface area contributed by atoms with E-state index in [2.05, 4.69) is 12.2 Å². The number of hydrogen-bond donors (Lipinski definition) is 1. The molecule has 1 aromatic rings. The predicted molar refractivity (Wildman–Crippen MR) is 71.5 cm³/mol. The normalized spacial score (nSPS) is 17.0. The van der Waals surface area contributed by atoms with Crippen LogP contribution in [0.3, 0.4) is 0 Å². The van der Waals surface area contributed by atoms with Crippen LogP contribution < -0.4 is 10.9 Å². The van der Waals surface area contributed by atoms with Crippen LogP contribution in [0.1, 0.15) is 45.4 Å². The molecule has 0 aliphatic heterocycles. The Kier molecular flexibility index (Phi) is 4.24. The summed E-state index contributed by atoms with van der Waals surface area (Å²) < 4.78 is 1.80. The van der Waals surface area contributed by atoms with Crippen LogP contribution in [0.4, 0.5) is 5.69 Å². The second-order valence-electron chi connectivity index (χ2n) is 4.93. The van der Waals surface area contributed by atoms with Crippen LogP contribution >= 0.6 is 0 Å². The molecule has 1 aliphatic carbocycles. The molecule has 1 heterocycles. The molecule has 17 heavy (non-hydrogen) atoms. The summed E-state index contributed by atoms with van der Waals surface area (Å²) in [6.45, 7) is 2.90. The summed E-state index contributed by atoms with van der Waals surface area (Å²) >= 11 is 0. The van der Waals surface area contributed by atoms with E-state index in [1.807, 2.05) is 12.3 Å². The second-order valence-corrected chi connectivity index (χ2v) is 4.93. The summed E-state index contributed by atoms with van der Waals surface area (Å²) in [5.41, 5.74) is 1.19. The number of pyridine rings is 1. The van der Waals surface area contributed by atoms with Crippen LogP contribution in [0.2, 0.25) is 0 Å². The van der Waals surface area contributed by atoms with Gasteiger partial charge in [0.05, 0.1) is 5.69 Å². The van der Waals surface area contributed by atoms with E-state index in [-0.39, 0.29) is 5.56 Å². The molecule has 1 aromatic heterocycles. The smallest absolute Gasteiger partial charge is 0.250 e. The van der Waals surface area contributed by atoms with Crippen molar-refractivity contribution in [3.05, 3.63) is 28.7 Å². The van der Waals surface area contributed by atoms with E-state index in [1.165, 1.54) is 32.1 Å². The number of anilines is 1. The number of hydrogen-bond acceptors (Lipinski definition) is 2. The van der Waals surface area contributed by atoms with Crippen molar-refractivity contribution in [1.29, 1.82) is 0 Å². The first-order chi connectivity index (χ1) is 8.29. The fraction of sp³-hybridized carbons (Fsp3) is 0.643. The molecule has 1 saturated carbocycles. The first-order valence-electron chi connectivity index (χ1n) is 6.76. The zero-order chi connectivity index (χ0) is 12.1. The van der Waals surface area contributed by atoms with Gasteiger partial charge in [-0.2, -0.15) is 0 Å². The van der Waals surface area contributed by atoms with Crippen molar-refractivity contribution in [2.24, 2.45) is 0 Å². The first kappa shape index (κ1) is 12.2. The van der Waals surface area contributed by atoms with Crippen molar-refractivity contribution < 1.29 is 0 Å². The molecule has 0 radical (unpaired) electrons. The van der Waals surface area contributed by atoms with Crippen LogP contribution in [0.25, 0.3) is 0 Å². The molecule has 3 nitrogen and oxygen atoms in total. The van der Waals surface area contributed by atoms with Crippen molar-refractivity contribution in [2.45, 2.75) is 58.0 Å². The highest BCUT2D eigenvalue weighted by atomic mass is 16.1. The molecule has 0 saturated heterocycles. The van der Waals surface area contributed by atoms with Gasteiger partial charge in [0.25, 0.3) is 5.56 Å². The number of nitrogens with one attached hydrogen (secondary N) is 1. The van der Waals surface area contributed by atoms with Gasteiger partial charge < -0.3 is 9.88 Å². The zero-order valence-electron chi connectivity index (χ0n) is 10.6. The van der Waals surface area contributed by atoms with Crippen LogP contribution in [-0.4, -0.2) is 10.6 Å². The maximum absolute atomic E-state index is 11.6. The lowest BCUT2D eigenvalue weighted by atomic mass is 9.95. The molecule has 1 N–H and O–H groups in total. The summed E-state index contributed by atoms with van der Waals surface area (Å²) in [4.78, 5) is 11.6. The molecular weight excluding hydrogens is 212 g/mol. The Labute approximate surface area is 103 Å². The van der Waals surface area contributed by atoms with Gasteiger partial charge in [0.2, 0.25) is 0 Å². The maximum atomic E-state index is 11.6. The number of nitrogens with zero attached hydrogens (tertiary/aromatic N) is 1. The summed E-state index contributed by atoms with van der Waals surface area (Å²) in [7, 11) is 0.